The van der Waals surface area contributed by atoms with E-state index in [1.165, 1.54) is 28.7 Å². The van der Waals surface area contributed by atoms with Crippen molar-refractivity contribution in [2.24, 2.45) is 0 Å². The maximum absolute atomic E-state index is 12.0. The topological polar surface area (TPSA) is 72.7 Å². The number of hydrogen-bond acceptors (Lipinski definition) is 5. The molecule has 0 aliphatic carbocycles. The molecule has 2 aromatic rings. The number of carbonyl (C=O) groups is 1. The van der Waals surface area contributed by atoms with Crippen LogP contribution in [0.2, 0.25) is 0 Å². The molecule has 18 heavy (non-hydrogen) atoms. The van der Waals surface area contributed by atoms with Crippen LogP contribution in [0.25, 0.3) is 0 Å². The van der Waals surface area contributed by atoms with Crippen LogP contribution in [0.1, 0.15) is 38.4 Å². The zero-order valence-corrected chi connectivity index (χ0v) is 11.3. The number of amides is 1. The summed E-state index contributed by atoms with van der Waals surface area (Å²) < 4.78 is 1.51. The van der Waals surface area contributed by atoms with Crippen LogP contribution >= 0.6 is 11.3 Å². The van der Waals surface area contributed by atoms with E-state index in [-0.39, 0.29) is 5.91 Å². The summed E-state index contributed by atoms with van der Waals surface area (Å²) in [6.07, 6.45) is 2.93. The smallest absolute Gasteiger partial charge is 0.250 e. The van der Waals surface area contributed by atoms with Gasteiger partial charge in [0.15, 0.2) is 5.13 Å². The minimum absolute atomic E-state index is 0.148. The van der Waals surface area contributed by atoms with Gasteiger partial charge in [-0.1, -0.05) is 13.8 Å². The number of thiazole rings is 1. The Labute approximate surface area is 109 Å². The van der Waals surface area contributed by atoms with Gasteiger partial charge in [0.1, 0.15) is 18.7 Å². The summed E-state index contributed by atoms with van der Waals surface area (Å²) in [5.41, 5.74) is 0.990. The molecular formula is C11H15N5OS. The van der Waals surface area contributed by atoms with E-state index < -0.39 is 6.04 Å². The van der Waals surface area contributed by atoms with Gasteiger partial charge in [0, 0.05) is 5.38 Å². The molecule has 0 spiro atoms. The normalized spacial score (nSPS) is 12.7. The molecule has 0 saturated heterocycles. The molecule has 96 valence electrons. The molecule has 1 atom stereocenters. The third-order valence-corrected chi connectivity index (χ3v) is 3.33. The molecule has 6 nitrogen and oxygen atoms in total. The first-order valence-electron chi connectivity index (χ1n) is 5.68. The predicted octanol–water partition coefficient (Wildman–Crippen LogP) is 2.06. The summed E-state index contributed by atoms with van der Waals surface area (Å²) in [6, 6.07) is -0.404. The second-order valence-electron chi connectivity index (χ2n) is 4.27. The highest BCUT2D eigenvalue weighted by molar-refractivity contribution is 7.13. The number of rotatable bonds is 4. The first-order valence-corrected chi connectivity index (χ1v) is 6.56. The average molecular weight is 265 g/mol. The van der Waals surface area contributed by atoms with E-state index >= 15 is 0 Å². The monoisotopic (exact) mass is 265 g/mol. The first-order chi connectivity index (χ1) is 8.58. The lowest BCUT2D eigenvalue weighted by molar-refractivity contribution is -0.119. The van der Waals surface area contributed by atoms with Gasteiger partial charge in [-0.25, -0.2) is 14.6 Å². The molecule has 2 rings (SSSR count). The summed E-state index contributed by atoms with van der Waals surface area (Å²) in [4.78, 5) is 20.1. The van der Waals surface area contributed by atoms with Gasteiger partial charge >= 0.3 is 0 Å². The van der Waals surface area contributed by atoms with Crippen molar-refractivity contribution in [1.82, 2.24) is 19.7 Å². The Hall–Kier alpha value is -1.76. The number of nitrogens with one attached hydrogen (secondary N) is 1. The van der Waals surface area contributed by atoms with Crippen LogP contribution in [-0.2, 0) is 4.79 Å². The second-order valence-corrected chi connectivity index (χ2v) is 5.13. The fourth-order valence-corrected chi connectivity index (χ4v) is 2.23. The number of anilines is 1. The van der Waals surface area contributed by atoms with Gasteiger partial charge in [-0.2, -0.15) is 5.10 Å². The minimum atomic E-state index is -0.404. The lowest BCUT2D eigenvalue weighted by Gasteiger charge is -2.10. The van der Waals surface area contributed by atoms with Crippen molar-refractivity contribution in [2.75, 3.05) is 5.32 Å². The molecule has 0 aliphatic rings. The predicted molar refractivity (Wildman–Crippen MR) is 69.6 cm³/mol. The van der Waals surface area contributed by atoms with Crippen LogP contribution in [0, 0.1) is 0 Å². The number of nitrogens with zero attached hydrogens (tertiary/aromatic N) is 4. The molecular weight excluding hydrogens is 250 g/mol. The van der Waals surface area contributed by atoms with Gasteiger partial charge in [-0.05, 0) is 12.8 Å². The van der Waals surface area contributed by atoms with Crippen LogP contribution in [0.5, 0.6) is 0 Å². The van der Waals surface area contributed by atoms with Crippen LogP contribution in [-0.4, -0.2) is 25.7 Å². The Bertz CT molecular complexity index is 519. The Morgan fingerprint density at radius 3 is 2.78 bits per heavy atom. The van der Waals surface area contributed by atoms with Gasteiger partial charge in [0.05, 0.1) is 5.69 Å². The molecule has 2 heterocycles. The second kappa shape index (κ2) is 5.26. The van der Waals surface area contributed by atoms with Crippen molar-refractivity contribution < 1.29 is 4.79 Å². The Balaban J connectivity index is 2.02. The van der Waals surface area contributed by atoms with E-state index in [9.17, 15) is 4.79 Å². The molecule has 1 amide bonds. The maximum atomic E-state index is 12.0. The first kappa shape index (κ1) is 12.7. The van der Waals surface area contributed by atoms with E-state index in [2.05, 4.69) is 34.2 Å². The van der Waals surface area contributed by atoms with E-state index in [1.807, 2.05) is 5.38 Å². The van der Waals surface area contributed by atoms with Gasteiger partial charge in [0.2, 0.25) is 0 Å². The van der Waals surface area contributed by atoms with Crippen LogP contribution in [0.15, 0.2) is 18.0 Å². The zero-order chi connectivity index (χ0) is 13.1. The van der Waals surface area contributed by atoms with Crippen molar-refractivity contribution >= 4 is 22.4 Å². The zero-order valence-electron chi connectivity index (χ0n) is 10.5. The molecule has 0 radical (unpaired) electrons. The van der Waals surface area contributed by atoms with Crippen LogP contribution < -0.4 is 5.32 Å². The summed E-state index contributed by atoms with van der Waals surface area (Å²) in [5, 5.41) is 9.30. The molecule has 0 unspecified atom stereocenters. The average Bonchev–Trinajstić information content (AvgIpc) is 2.98. The van der Waals surface area contributed by atoms with E-state index in [4.69, 9.17) is 0 Å². The van der Waals surface area contributed by atoms with Crippen molar-refractivity contribution in [1.29, 1.82) is 0 Å². The van der Waals surface area contributed by atoms with Crippen molar-refractivity contribution in [3.05, 3.63) is 23.7 Å². The summed E-state index contributed by atoms with van der Waals surface area (Å²) >= 11 is 1.43. The Kier molecular flexibility index (Phi) is 3.71. The third-order valence-electron chi connectivity index (χ3n) is 2.56. The van der Waals surface area contributed by atoms with E-state index in [0.29, 0.717) is 11.0 Å². The SMILES string of the molecule is CC(C)c1csc(NC(=O)[C@@H](C)n2cncn2)n1. The lowest BCUT2D eigenvalue weighted by Crippen LogP contribution is -2.24. The molecule has 0 fully saturated rings. The van der Waals surface area contributed by atoms with Crippen LogP contribution in [0.3, 0.4) is 0 Å². The summed E-state index contributed by atoms with van der Waals surface area (Å²) in [7, 11) is 0. The van der Waals surface area contributed by atoms with Crippen molar-refractivity contribution in [3.63, 3.8) is 0 Å². The quantitative estimate of drug-likeness (QED) is 0.918. The molecule has 0 aliphatic heterocycles. The van der Waals surface area contributed by atoms with Gasteiger partial charge in [0.25, 0.3) is 5.91 Å². The largest absolute Gasteiger partial charge is 0.300 e. The fraction of sp³-hybridized carbons (Fsp3) is 0.455. The Morgan fingerprint density at radius 2 is 2.22 bits per heavy atom. The highest BCUT2D eigenvalue weighted by Crippen LogP contribution is 2.22. The maximum Gasteiger partial charge on any atom is 0.250 e. The molecule has 0 saturated carbocycles. The van der Waals surface area contributed by atoms with E-state index in [1.54, 1.807) is 6.92 Å². The van der Waals surface area contributed by atoms with Gasteiger partial charge < -0.3 is 5.32 Å². The highest BCUT2D eigenvalue weighted by Gasteiger charge is 2.17. The summed E-state index contributed by atoms with van der Waals surface area (Å²) in [6.45, 7) is 5.90. The molecule has 7 heteroatoms. The lowest BCUT2D eigenvalue weighted by atomic mass is 10.2. The van der Waals surface area contributed by atoms with Crippen molar-refractivity contribution in [2.45, 2.75) is 32.7 Å². The van der Waals surface area contributed by atoms with Crippen molar-refractivity contribution in [3.8, 4) is 0 Å². The molecule has 1 N–H and O–H groups in total. The molecule has 2 aromatic heterocycles. The van der Waals surface area contributed by atoms with E-state index in [0.717, 1.165) is 5.69 Å². The van der Waals surface area contributed by atoms with Crippen LogP contribution in [0.4, 0.5) is 5.13 Å². The molecule has 0 bridgehead atoms. The number of carbonyl (C=O) groups excluding carboxylic acids is 1. The number of aromatic nitrogens is 4. The minimum Gasteiger partial charge on any atom is -0.300 e. The number of hydrogen-bond donors (Lipinski definition) is 1. The summed E-state index contributed by atoms with van der Waals surface area (Å²) in [5.74, 6) is 0.213. The highest BCUT2D eigenvalue weighted by atomic mass is 32.1. The fourth-order valence-electron chi connectivity index (χ4n) is 1.36. The third kappa shape index (κ3) is 2.73. The standard InChI is InChI=1S/C11H15N5OS/c1-7(2)9-4-18-11(14-9)15-10(17)8(3)16-6-12-5-13-16/h4-8H,1-3H3,(H,14,15,17)/t8-/m1/s1. The van der Waals surface area contributed by atoms with Gasteiger partial charge in [-0.3, -0.25) is 4.79 Å². The Morgan fingerprint density at radius 1 is 1.44 bits per heavy atom. The molecule has 0 aromatic carbocycles. The van der Waals surface area contributed by atoms with Gasteiger partial charge in [-0.15, -0.1) is 11.3 Å².